The van der Waals surface area contributed by atoms with Crippen molar-refractivity contribution in [1.29, 1.82) is 0 Å². The van der Waals surface area contributed by atoms with Crippen molar-refractivity contribution in [2.45, 2.75) is 0 Å². The van der Waals surface area contributed by atoms with Gasteiger partial charge in [0.05, 0.1) is 11.4 Å². The normalized spacial score (nSPS) is 11.0. The molecule has 0 atom stereocenters. The second kappa shape index (κ2) is 18.2. The number of rotatable bonds is 10. The second-order valence-corrected chi connectivity index (χ2v) is 16.6. The van der Waals surface area contributed by atoms with Gasteiger partial charge < -0.3 is 0 Å². The van der Waals surface area contributed by atoms with Gasteiger partial charge in [0.15, 0.2) is 5.82 Å². The third-order valence-corrected chi connectivity index (χ3v) is 12.3. The summed E-state index contributed by atoms with van der Waals surface area (Å²) >= 11 is 0. The molecule has 0 bridgehead atoms. The van der Waals surface area contributed by atoms with Gasteiger partial charge in [-0.3, -0.25) is 0 Å². The number of hydrogen-bond donors (Lipinski definition) is 0. The van der Waals surface area contributed by atoms with E-state index >= 15 is 0 Å². The molecule has 310 valence electrons. The zero-order valence-corrected chi connectivity index (χ0v) is 36.3. The van der Waals surface area contributed by atoms with Gasteiger partial charge in [-0.15, -0.1) is 0 Å². The molecule has 0 spiro atoms. The summed E-state index contributed by atoms with van der Waals surface area (Å²) in [6, 6.07) is 95.1. The topological polar surface area (TPSA) is 25.8 Å². The Bertz CT molecular complexity index is 3280. The monoisotopic (exact) mass is 840 g/mol. The van der Waals surface area contributed by atoms with Crippen LogP contribution in [0, 0.1) is 0 Å². The smallest absolute Gasteiger partial charge is 0.160 e. The van der Waals surface area contributed by atoms with Crippen molar-refractivity contribution >= 4 is 0 Å². The number of aromatic nitrogens is 2. The van der Waals surface area contributed by atoms with Crippen molar-refractivity contribution in [2.75, 3.05) is 0 Å². The number of hydrogen-bond acceptors (Lipinski definition) is 2. The average molecular weight is 841 g/mol. The highest BCUT2D eigenvalue weighted by atomic mass is 14.9. The number of nitrogens with zero attached hydrogens (tertiary/aromatic N) is 2. The molecule has 0 aliphatic carbocycles. The summed E-state index contributed by atoms with van der Waals surface area (Å²) in [4.78, 5) is 10.8. The fraction of sp³-hybridized carbons (Fsp3) is 0. The molecule has 0 aliphatic heterocycles. The van der Waals surface area contributed by atoms with Gasteiger partial charge in [0, 0.05) is 16.7 Å². The van der Waals surface area contributed by atoms with E-state index in [0.717, 1.165) is 61.5 Å². The Balaban J connectivity index is 1.14. The Labute approximate surface area is 386 Å². The molecular formula is C64H44N2. The highest BCUT2D eigenvalue weighted by Crippen LogP contribution is 2.41. The van der Waals surface area contributed by atoms with E-state index in [1.165, 1.54) is 44.5 Å². The lowest BCUT2D eigenvalue weighted by molar-refractivity contribution is 1.18. The van der Waals surface area contributed by atoms with Crippen LogP contribution in [0.25, 0.3) is 112 Å². The summed E-state index contributed by atoms with van der Waals surface area (Å²) in [5.74, 6) is 0.660. The maximum atomic E-state index is 5.43. The van der Waals surface area contributed by atoms with Crippen LogP contribution in [0.4, 0.5) is 0 Å². The highest BCUT2D eigenvalue weighted by Gasteiger charge is 2.18. The van der Waals surface area contributed by atoms with Crippen LogP contribution in [0.3, 0.4) is 0 Å². The largest absolute Gasteiger partial charge is 0.228 e. The molecule has 2 heteroatoms. The van der Waals surface area contributed by atoms with Gasteiger partial charge in [-0.2, -0.15) is 0 Å². The molecule has 1 heterocycles. The van der Waals surface area contributed by atoms with Crippen LogP contribution in [-0.4, -0.2) is 9.97 Å². The van der Waals surface area contributed by atoms with Crippen LogP contribution >= 0.6 is 0 Å². The molecular weight excluding hydrogens is 797 g/mol. The summed E-state index contributed by atoms with van der Waals surface area (Å²) in [5, 5.41) is 0. The fourth-order valence-corrected chi connectivity index (χ4v) is 8.96. The molecule has 0 saturated heterocycles. The molecule has 0 N–H and O–H groups in total. The van der Waals surface area contributed by atoms with Gasteiger partial charge in [-0.25, -0.2) is 9.97 Å². The molecule has 0 aliphatic rings. The van der Waals surface area contributed by atoms with E-state index in [9.17, 15) is 0 Å². The summed E-state index contributed by atoms with van der Waals surface area (Å²) in [6.45, 7) is 0. The van der Waals surface area contributed by atoms with Crippen LogP contribution < -0.4 is 0 Å². The molecule has 10 aromatic carbocycles. The fourth-order valence-electron chi connectivity index (χ4n) is 8.96. The standard InChI is InChI=1S/C64H44N2/c1-7-20-45(21-8-1)51-32-19-33-54(38-51)63-44-62(50-30-17-6-18-31-50)65-64(66-63)57-40-55(52-34-36-58(46-22-9-2-10-23-46)60(42-52)48-26-13-4-14-27-48)39-56(41-57)53-35-37-59(47-24-11-3-12-25-47)61(43-53)49-28-15-5-16-29-49/h1-44H. The zero-order chi connectivity index (χ0) is 44.1. The second-order valence-electron chi connectivity index (χ2n) is 16.6. The molecule has 11 rings (SSSR count). The highest BCUT2D eigenvalue weighted by molar-refractivity contribution is 5.91. The minimum atomic E-state index is 0.660. The van der Waals surface area contributed by atoms with Crippen molar-refractivity contribution in [3.05, 3.63) is 267 Å². The molecule has 11 aromatic rings. The van der Waals surface area contributed by atoms with Crippen LogP contribution in [0.15, 0.2) is 267 Å². The van der Waals surface area contributed by atoms with Gasteiger partial charge in [0.1, 0.15) is 0 Å². The molecule has 0 fully saturated rings. The van der Waals surface area contributed by atoms with Gasteiger partial charge in [0.25, 0.3) is 0 Å². The minimum absolute atomic E-state index is 0.660. The maximum absolute atomic E-state index is 5.43. The summed E-state index contributed by atoms with van der Waals surface area (Å²) in [7, 11) is 0. The maximum Gasteiger partial charge on any atom is 0.160 e. The first-order chi connectivity index (χ1) is 32.7. The van der Waals surface area contributed by atoms with Crippen molar-refractivity contribution in [3.8, 4) is 112 Å². The molecule has 2 nitrogen and oxygen atoms in total. The average Bonchev–Trinajstić information content (AvgIpc) is 3.42. The Kier molecular flexibility index (Phi) is 11.0. The summed E-state index contributed by atoms with van der Waals surface area (Å²) < 4.78 is 0. The van der Waals surface area contributed by atoms with Crippen LogP contribution in [-0.2, 0) is 0 Å². The lowest BCUT2D eigenvalue weighted by Gasteiger charge is -2.17. The minimum Gasteiger partial charge on any atom is -0.228 e. The van der Waals surface area contributed by atoms with Crippen molar-refractivity contribution in [2.24, 2.45) is 0 Å². The van der Waals surface area contributed by atoms with E-state index < -0.39 is 0 Å². The first-order valence-electron chi connectivity index (χ1n) is 22.5. The first kappa shape index (κ1) is 40.1. The summed E-state index contributed by atoms with van der Waals surface area (Å²) in [6.07, 6.45) is 0. The van der Waals surface area contributed by atoms with E-state index in [-0.39, 0.29) is 0 Å². The molecule has 0 saturated carbocycles. The first-order valence-corrected chi connectivity index (χ1v) is 22.5. The Morgan fingerprint density at radius 3 is 0.939 bits per heavy atom. The predicted molar refractivity (Wildman–Crippen MR) is 276 cm³/mol. The van der Waals surface area contributed by atoms with Crippen LogP contribution in [0.2, 0.25) is 0 Å². The SMILES string of the molecule is c1ccc(-c2cccc(-c3cc(-c4ccccc4)nc(-c4cc(-c5ccc(-c6ccccc6)c(-c6ccccc6)c5)cc(-c5ccc(-c6ccccc6)c(-c6ccccc6)c5)c4)n3)c2)cc1. The van der Waals surface area contributed by atoms with E-state index in [1.54, 1.807) is 0 Å². The predicted octanol–water partition coefficient (Wildman–Crippen LogP) is 17.1. The van der Waals surface area contributed by atoms with Gasteiger partial charge in [-0.05, 0) is 120 Å². The van der Waals surface area contributed by atoms with E-state index in [1.807, 2.05) is 6.07 Å². The van der Waals surface area contributed by atoms with Crippen molar-refractivity contribution < 1.29 is 0 Å². The zero-order valence-electron chi connectivity index (χ0n) is 36.3. The van der Waals surface area contributed by atoms with Gasteiger partial charge in [0.2, 0.25) is 0 Å². The molecule has 66 heavy (non-hydrogen) atoms. The summed E-state index contributed by atoms with van der Waals surface area (Å²) in [5.41, 5.74) is 20.8. The molecule has 0 unspecified atom stereocenters. The van der Waals surface area contributed by atoms with E-state index in [2.05, 4.69) is 261 Å². The number of benzene rings is 10. The Morgan fingerprint density at radius 2 is 0.485 bits per heavy atom. The van der Waals surface area contributed by atoms with Crippen molar-refractivity contribution in [1.82, 2.24) is 9.97 Å². The quantitative estimate of drug-likeness (QED) is 0.137. The Hall–Kier alpha value is -8.72. The van der Waals surface area contributed by atoms with Gasteiger partial charge >= 0.3 is 0 Å². The van der Waals surface area contributed by atoms with E-state index in [4.69, 9.17) is 9.97 Å². The van der Waals surface area contributed by atoms with Crippen LogP contribution in [0.5, 0.6) is 0 Å². The molecule has 0 radical (unpaired) electrons. The lowest BCUT2D eigenvalue weighted by Crippen LogP contribution is -1.97. The Morgan fingerprint density at radius 1 is 0.167 bits per heavy atom. The molecule has 1 aromatic heterocycles. The third kappa shape index (κ3) is 8.40. The van der Waals surface area contributed by atoms with Crippen LogP contribution in [0.1, 0.15) is 0 Å². The van der Waals surface area contributed by atoms with Gasteiger partial charge in [-0.1, -0.05) is 224 Å². The van der Waals surface area contributed by atoms with Crippen molar-refractivity contribution in [3.63, 3.8) is 0 Å². The van der Waals surface area contributed by atoms with E-state index in [0.29, 0.717) is 5.82 Å². The molecule has 0 amide bonds. The lowest BCUT2D eigenvalue weighted by atomic mass is 9.88. The third-order valence-electron chi connectivity index (χ3n) is 12.3.